The molecular weight excluding hydrogens is 460 g/mol. The zero-order chi connectivity index (χ0) is 23.1. The van der Waals surface area contributed by atoms with Gasteiger partial charge in [-0.15, -0.1) is 0 Å². The number of fused-ring (bicyclic) bond motifs is 3. The van der Waals surface area contributed by atoms with Crippen molar-refractivity contribution in [2.75, 3.05) is 16.8 Å². The Morgan fingerprint density at radius 3 is 2.79 bits per heavy atom. The van der Waals surface area contributed by atoms with Gasteiger partial charge >= 0.3 is 0 Å². The highest BCUT2D eigenvalue weighted by Gasteiger charge is 2.57. The van der Waals surface area contributed by atoms with Crippen LogP contribution in [0.1, 0.15) is 38.5 Å². The molecule has 1 atom stereocenters. The normalized spacial score (nSPS) is 22.2. The van der Waals surface area contributed by atoms with Crippen molar-refractivity contribution in [3.05, 3.63) is 48.5 Å². The summed E-state index contributed by atoms with van der Waals surface area (Å²) in [6.07, 6.45) is 4.15. The molecule has 8 nitrogen and oxygen atoms in total. The van der Waals surface area contributed by atoms with Gasteiger partial charge in [0.15, 0.2) is 4.87 Å². The number of hydrogen-bond acceptors (Lipinski definition) is 6. The molecule has 3 heterocycles. The van der Waals surface area contributed by atoms with E-state index < -0.39 is 14.9 Å². The Hall–Kier alpha value is -2.85. The Kier molecular flexibility index (Phi) is 5.65. The highest BCUT2D eigenvalue weighted by Crippen LogP contribution is 2.56. The molecule has 0 spiro atoms. The van der Waals surface area contributed by atoms with E-state index in [9.17, 15) is 18.0 Å². The first kappa shape index (κ1) is 22.0. The fourth-order valence-electron chi connectivity index (χ4n) is 4.44. The zero-order valence-corrected chi connectivity index (χ0v) is 19.5. The molecule has 0 bridgehead atoms. The van der Waals surface area contributed by atoms with E-state index in [0.717, 1.165) is 29.8 Å². The average Bonchev–Trinajstić information content (AvgIpc) is 3.19. The lowest BCUT2D eigenvalue weighted by molar-refractivity contribution is -0.121. The van der Waals surface area contributed by atoms with Crippen molar-refractivity contribution in [1.29, 1.82) is 0 Å². The monoisotopic (exact) mass is 484 g/mol. The number of hydrogen-bond donors (Lipinski definition) is 2. The summed E-state index contributed by atoms with van der Waals surface area (Å²) in [7, 11) is -3.83. The number of nitrogens with one attached hydrogen (secondary N) is 2. The topological polar surface area (TPSA) is 108 Å². The predicted molar refractivity (Wildman–Crippen MR) is 128 cm³/mol. The lowest BCUT2D eigenvalue weighted by atomic mass is 10.1. The van der Waals surface area contributed by atoms with Crippen LogP contribution in [-0.4, -0.2) is 37.5 Å². The van der Waals surface area contributed by atoms with E-state index in [-0.39, 0.29) is 23.1 Å². The summed E-state index contributed by atoms with van der Waals surface area (Å²) in [5.74, 6) is 0.0403. The zero-order valence-electron chi connectivity index (χ0n) is 17.9. The second kappa shape index (κ2) is 8.49. The van der Waals surface area contributed by atoms with Gasteiger partial charge in [-0.2, -0.15) is 0 Å². The first-order valence-electron chi connectivity index (χ1n) is 11.0. The highest BCUT2D eigenvalue weighted by atomic mass is 32.2. The molecule has 0 saturated carbocycles. The average molecular weight is 485 g/mol. The number of anilines is 2. The largest absolute Gasteiger partial charge is 0.323 e. The lowest BCUT2D eigenvalue weighted by Gasteiger charge is -2.29. The number of carbonyl (C=O) groups excluding carboxylic acids is 2. The number of rotatable bonds is 4. The molecule has 5 rings (SSSR count). The number of aliphatic imine (C=N–C) groups is 1. The van der Waals surface area contributed by atoms with Crippen molar-refractivity contribution in [2.45, 2.75) is 53.2 Å². The highest BCUT2D eigenvalue weighted by molar-refractivity contribution is 8.02. The third-order valence-electron chi connectivity index (χ3n) is 6.06. The summed E-state index contributed by atoms with van der Waals surface area (Å²) in [6.45, 7) is 0.616. The Labute approximate surface area is 196 Å². The second-order valence-corrected chi connectivity index (χ2v) is 11.3. The number of sulfonamides is 1. The summed E-state index contributed by atoms with van der Waals surface area (Å²) in [4.78, 5) is 31.8. The molecule has 33 heavy (non-hydrogen) atoms. The molecule has 1 saturated heterocycles. The Balaban J connectivity index is 1.37. The van der Waals surface area contributed by atoms with Crippen LogP contribution < -0.4 is 14.9 Å². The minimum absolute atomic E-state index is 0.0477. The van der Waals surface area contributed by atoms with Crippen molar-refractivity contribution in [3.63, 3.8) is 0 Å². The number of nitrogens with zero attached hydrogens (tertiary/aromatic N) is 2. The van der Waals surface area contributed by atoms with Gasteiger partial charge in [-0.3, -0.25) is 24.2 Å². The third-order valence-corrected chi connectivity index (χ3v) is 8.91. The van der Waals surface area contributed by atoms with Crippen molar-refractivity contribution in [3.8, 4) is 0 Å². The van der Waals surface area contributed by atoms with Crippen LogP contribution in [0, 0.1) is 0 Å². The number of benzene rings is 2. The molecule has 172 valence electrons. The van der Waals surface area contributed by atoms with E-state index in [0.29, 0.717) is 30.9 Å². The van der Waals surface area contributed by atoms with Crippen LogP contribution in [0.4, 0.5) is 11.4 Å². The first-order valence-corrected chi connectivity index (χ1v) is 13.3. The lowest BCUT2D eigenvalue weighted by Crippen LogP contribution is -2.49. The van der Waals surface area contributed by atoms with Gasteiger partial charge in [0, 0.05) is 30.0 Å². The quantitative estimate of drug-likeness (QED) is 0.691. The minimum atomic E-state index is -3.83. The molecule has 1 unspecified atom stereocenters. The van der Waals surface area contributed by atoms with Crippen LogP contribution in [0.15, 0.2) is 63.3 Å². The summed E-state index contributed by atoms with van der Waals surface area (Å²) in [5, 5.41) is 2.85. The van der Waals surface area contributed by atoms with Crippen molar-refractivity contribution in [1.82, 2.24) is 4.72 Å². The number of carbonyl (C=O) groups is 2. The molecule has 2 amide bonds. The van der Waals surface area contributed by atoms with Crippen LogP contribution in [0.5, 0.6) is 0 Å². The van der Waals surface area contributed by atoms with Gasteiger partial charge in [0.2, 0.25) is 5.91 Å². The molecule has 3 aliphatic rings. The third kappa shape index (κ3) is 4.02. The SMILES string of the molecule is O=C1CCC2(C(=O)Nc3cccc(S(=O)(=O)NC4=NCCCCC4)c3)Sc3ccccc3N12. The van der Waals surface area contributed by atoms with Crippen molar-refractivity contribution >= 4 is 50.8 Å². The first-order chi connectivity index (χ1) is 15.9. The van der Waals surface area contributed by atoms with Crippen LogP contribution >= 0.6 is 11.8 Å². The molecule has 3 aliphatic heterocycles. The maximum atomic E-state index is 13.4. The minimum Gasteiger partial charge on any atom is -0.323 e. The van der Waals surface area contributed by atoms with Crippen LogP contribution in [0.2, 0.25) is 0 Å². The molecular formula is C23H24N4O4S2. The van der Waals surface area contributed by atoms with Gasteiger partial charge < -0.3 is 5.32 Å². The molecule has 0 aromatic heterocycles. The van der Waals surface area contributed by atoms with E-state index in [2.05, 4.69) is 15.0 Å². The Bertz CT molecular complexity index is 1260. The summed E-state index contributed by atoms with van der Waals surface area (Å²) in [6, 6.07) is 13.6. The van der Waals surface area contributed by atoms with E-state index in [1.807, 2.05) is 24.3 Å². The van der Waals surface area contributed by atoms with Gasteiger partial charge in [-0.05, 0) is 49.6 Å². The Morgan fingerprint density at radius 2 is 1.91 bits per heavy atom. The maximum Gasteiger partial charge on any atom is 0.262 e. The summed E-state index contributed by atoms with van der Waals surface area (Å²) < 4.78 is 28.4. The molecule has 0 radical (unpaired) electrons. The molecule has 2 aromatic rings. The number of amidine groups is 1. The summed E-state index contributed by atoms with van der Waals surface area (Å²) >= 11 is 1.37. The van der Waals surface area contributed by atoms with E-state index in [1.54, 1.807) is 17.0 Å². The summed E-state index contributed by atoms with van der Waals surface area (Å²) in [5.41, 5.74) is 1.10. The number of thioether (sulfide) groups is 1. The van der Waals surface area contributed by atoms with E-state index in [4.69, 9.17) is 0 Å². The van der Waals surface area contributed by atoms with E-state index >= 15 is 0 Å². The van der Waals surface area contributed by atoms with Gasteiger partial charge in [-0.25, -0.2) is 8.42 Å². The molecule has 0 aliphatic carbocycles. The molecule has 1 fully saturated rings. The van der Waals surface area contributed by atoms with E-state index in [1.165, 1.54) is 23.9 Å². The second-order valence-electron chi connectivity index (χ2n) is 8.31. The van der Waals surface area contributed by atoms with Gasteiger partial charge in [-0.1, -0.05) is 36.4 Å². The molecule has 2 aromatic carbocycles. The van der Waals surface area contributed by atoms with Crippen molar-refractivity contribution in [2.24, 2.45) is 4.99 Å². The van der Waals surface area contributed by atoms with Crippen LogP contribution in [-0.2, 0) is 19.6 Å². The molecule has 2 N–H and O–H groups in total. The van der Waals surface area contributed by atoms with Crippen LogP contribution in [0.3, 0.4) is 0 Å². The standard InChI is InChI=1S/C23H24N4O4S2/c28-21-12-13-23(27(21)18-9-3-4-10-19(18)32-23)22(29)25-16-7-6-8-17(15-16)33(30,31)26-20-11-2-1-5-14-24-20/h3-4,6-10,15H,1-2,5,11-14H2,(H,24,26)(H,25,29). The fraction of sp³-hybridized carbons (Fsp3) is 0.348. The number of para-hydroxylation sites is 1. The Morgan fingerprint density at radius 1 is 1.06 bits per heavy atom. The smallest absolute Gasteiger partial charge is 0.262 e. The number of amides is 2. The van der Waals surface area contributed by atoms with Crippen molar-refractivity contribution < 1.29 is 18.0 Å². The van der Waals surface area contributed by atoms with Gasteiger partial charge in [0.1, 0.15) is 5.84 Å². The fourth-order valence-corrected chi connectivity index (χ4v) is 6.99. The molecule has 10 heteroatoms. The van der Waals surface area contributed by atoms with Crippen LogP contribution in [0.25, 0.3) is 0 Å². The van der Waals surface area contributed by atoms with Gasteiger partial charge in [0.05, 0.1) is 10.6 Å². The van der Waals surface area contributed by atoms with Gasteiger partial charge in [0.25, 0.3) is 15.9 Å². The predicted octanol–water partition coefficient (Wildman–Crippen LogP) is 3.50. The maximum absolute atomic E-state index is 13.4.